The highest BCUT2D eigenvalue weighted by molar-refractivity contribution is 6.18. The van der Waals surface area contributed by atoms with Crippen LogP contribution in [-0.2, 0) is 6.42 Å². The molecule has 0 aliphatic carbocycles. The van der Waals surface area contributed by atoms with Gasteiger partial charge in [0.05, 0.1) is 0 Å². The number of benzene rings is 2. The predicted octanol–water partition coefficient (Wildman–Crippen LogP) is 3.57. The van der Waals surface area contributed by atoms with Crippen LogP contribution in [-0.4, -0.2) is 17.8 Å². The summed E-state index contributed by atoms with van der Waals surface area (Å²) in [5, 5.41) is 2.98. The quantitative estimate of drug-likeness (QED) is 0.837. The highest BCUT2D eigenvalue weighted by Gasteiger charge is 2.13. The second-order valence-corrected chi connectivity index (χ2v) is 5.19. The molecule has 0 aliphatic rings. The summed E-state index contributed by atoms with van der Waals surface area (Å²) in [6.45, 7) is 2.00. The Balaban J connectivity index is 1.99. The first-order valence-electron chi connectivity index (χ1n) is 6.66. The molecule has 0 heterocycles. The number of carbonyl (C=O) groups excluding carboxylic acids is 1. The van der Waals surface area contributed by atoms with Gasteiger partial charge in [-0.15, -0.1) is 11.6 Å². The van der Waals surface area contributed by atoms with E-state index >= 15 is 0 Å². The number of hydrogen-bond acceptors (Lipinski definition) is 1. The molecule has 0 radical (unpaired) electrons. The number of nitrogens with one attached hydrogen (secondary N) is 1. The molecular weight excluding hydrogens is 270 g/mol. The lowest BCUT2D eigenvalue weighted by Gasteiger charge is -2.16. The summed E-state index contributed by atoms with van der Waals surface area (Å²) in [4.78, 5) is 12.1. The number of carbonyl (C=O) groups is 1. The normalized spacial score (nSPS) is 11.9. The minimum Gasteiger partial charge on any atom is -0.348 e. The zero-order valence-corrected chi connectivity index (χ0v) is 12.2. The standard InChI is InChI=1S/C17H18ClNO/c1-13-7-9-15(10-8-13)17(20)19-16(12-18)11-14-5-3-2-4-6-14/h2-10,16H,11-12H2,1H3,(H,19,20). The van der Waals surface area contributed by atoms with Gasteiger partial charge in [-0.1, -0.05) is 48.0 Å². The van der Waals surface area contributed by atoms with E-state index in [1.165, 1.54) is 5.56 Å². The first-order chi connectivity index (χ1) is 9.69. The van der Waals surface area contributed by atoms with Crippen LogP contribution >= 0.6 is 11.6 Å². The minimum atomic E-state index is -0.0772. The summed E-state index contributed by atoms with van der Waals surface area (Å²) in [6.07, 6.45) is 0.738. The van der Waals surface area contributed by atoms with Crippen molar-refractivity contribution in [2.45, 2.75) is 19.4 Å². The van der Waals surface area contributed by atoms with Gasteiger partial charge in [-0.3, -0.25) is 4.79 Å². The van der Waals surface area contributed by atoms with Gasteiger partial charge in [0, 0.05) is 17.5 Å². The van der Waals surface area contributed by atoms with E-state index in [1.54, 1.807) is 0 Å². The number of amides is 1. The fraction of sp³-hybridized carbons (Fsp3) is 0.235. The van der Waals surface area contributed by atoms with Gasteiger partial charge in [-0.25, -0.2) is 0 Å². The molecule has 0 aliphatic heterocycles. The summed E-state index contributed by atoms with van der Waals surface area (Å²) in [7, 11) is 0. The van der Waals surface area contributed by atoms with Crippen LogP contribution in [0.15, 0.2) is 54.6 Å². The largest absolute Gasteiger partial charge is 0.348 e. The maximum Gasteiger partial charge on any atom is 0.251 e. The average molecular weight is 288 g/mol. The maximum atomic E-state index is 12.1. The number of hydrogen-bond donors (Lipinski definition) is 1. The number of rotatable bonds is 5. The van der Waals surface area contributed by atoms with Gasteiger partial charge < -0.3 is 5.32 Å². The molecule has 0 fully saturated rings. The summed E-state index contributed by atoms with van der Waals surface area (Å²) in [6, 6.07) is 17.5. The van der Waals surface area contributed by atoms with E-state index in [4.69, 9.17) is 11.6 Å². The Bertz CT molecular complexity index is 551. The number of alkyl halides is 1. The SMILES string of the molecule is Cc1ccc(C(=O)NC(CCl)Cc2ccccc2)cc1. The zero-order chi connectivity index (χ0) is 14.4. The predicted molar refractivity (Wildman–Crippen MR) is 83.3 cm³/mol. The fourth-order valence-corrected chi connectivity index (χ4v) is 2.20. The Kier molecular flexibility index (Phi) is 5.19. The second kappa shape index (κ2) is 7.11. The topological polar surface area (TPSA) is 29.1 Å². The monoisotopic (exact) mass is 287 g/mol. The first kappa shape index (κ1) is 14.6. The van der Waals surface area contributed by atoms with Crippen LogP contribution in [0.1, 0.15) is 21.5 Å². The van der Waals surface area contributed by atoms with Crippen molar-refractivity contribution in [3.05, 3.63) is 71.3 Å². The molecule has 2 aromatic rings. The van der Waals surface area contributed by atoms with Crippen LogP contribution in [0.5, 0.6) is 0 Å². The van der Waals surface area contributed by atoms with Crippen molar-refractivity contribution >= 4 is 17.5 Å². The van der Waals surface area contributed by atoms with Gasteiger partial charge in [0.25, 0.3) is 5.91 Å². The van der Waals surface area contributed by atoms with Crippen molar-refractivity contribution in [2.24, 2.45) is 0 Å². The van der Waals surface area contributed by atoms with E-state index in [-0.39, 0.29) is 11.9 Å². The third-order valence-electron chi connectivity index (χ3n) is 3.16. The molecule has 2 aromatic carbocycles. The lowest BCUT2D eigenvalue weighted by atomic mass is 10.1. The van der Waals surface area contributed by atoms with E-state index < -0.39 is 0 Å². The van der Waals surface area contributed by atoms with E-state index in [9.17, 15) is 4.79 Å². The van der Waals surface area contributed by atoms with Crippen molar-refractivity contribution in [3.8, 4) is 0 Å². The third kappa shape index (κ3) is 4.10. The summed E-state index contributed by atoms with van der Waals surface area (Å²) < 4.78 is 0. The molecule has 1 unspecified atom stereocenters. The minimum absolute atomic E-state index is 0.0622. The molecule has 2 rings (SSSR count). The maximum absolute atomic E-state index is 12.1. The van der Waals surface area contributed by atoms with E-state index in [1.807, 2.05) is 61.5 Å². The van der Waals surface area contributed by atoms with Crippen molar-refractivity contribution in [1.29, 1.82) is 0 Å². The zero-order valence-electron chi connectivity index (χ0n) is 11.5. The molecule has 20 heavy (non-hydrogen) atoms. The lowest BCUT2D eigenvalue weighted by Crippen LogP contribution is -2.37. The summed E-state index contributed by atoms with van der Waals surface area (Å²) in [5.41, 5.74) is 2.97. The van der Waals surface area contributed by atoms with E-state index in [0.29, 0.717) is 11.4 Å². The van der Waals surface area contributed by atoms with Crippen molar-refractivity contribution in [2.75, 3.05) is 5.88 Å². The highest BCUT2D eigenvalue weighted by Crippen LogP contribution is 2.07. The van der Waals surface area contributed by atoms with Crippen molar-refractivity contribution in [1.82, 2.24) is 5.32 Å². The van der Waals surface area contributed by atoms with Gasteiger partial charge in [-0.05, 0) is 31.0 Å². The van der Waals surface area contributed by atoms with E-state index in [0.717, 1.165) is 12.0 Å². The van der Waals surface area contributed by atoms with E-state index in [2.05, 4.69) is 5.32 Å². The molecule has 0 saturated carbocycles. The van der Waals surface area contributed by atoms with Crippen molar-refractivity contribution < 1.29 is 4.79 Å². The molecule has 1 N–H and O–H groups in total. The molecule has 0 spiro atoms. The third-order valence-corrected chi connectivity index (χ3v) is 3.53. The molecule has 104 valence electrons. The molecule has 0 bridgehead atoms. The second-order valence-electron chi connectivity index (χ2n) is 4.88. The van der Waals surface area contributed by atoms with Crippen LogP contribution in [0.4, 0.5) is 0 Å². The molecule has 2 nitrogen and oxygen atoms in total. The average Bonchev–Trinajstić information content (AvgIpc) is 2.48. The molecule has 0 aromatic heterocycles. The molecular formula is C17H18ClNO. The van der Waals surface area contributed by atoms with Crippen LogP contribution in [0, 0.1) is 6.92 Å². The smallest absolute Gasteiger partial charge is 0.251 e. The Morgan fingerprint density at radius 1 is 1.10 bits per heavy atom. The molecule has 1 amide bonds. The number of halogens is 1. The highest BCUT2D eigenvalue weighted by atomic mass is 35.5. The van der Waals surface area contributed by atoms with Gasteiger partial charge in [0.2, 0.25) is 0 Å². The van der Waals surface area contributed by atoms with Gasteiger partial charge in [-0.2, -0.15) is 0 Å². The number of aryl methyl sites for hydroxylation is 1. The van der Waals surface area contributed by atoms with Gasteiger partial charge >= 0.3 is 0 Å². The van der Waals surface area contributed by atoms with Crippen LogP contribution < -0.4 is 5.32 Å². The lowest BCUT2D eigenvalue weighted by molar-refractivity contribution is 0.0940. The Morgan fingerprint density at radius 3 is 2.35 bits per heavy atom. The summed E-state index contributed by atoms with van der Waals surface area (Å²) in [5.74, 6) is 0.318. The van der Waals surface area contributed by atoms with Crippen LogP contribution in [0.25, 0.3) is 0 Å². The Labute approximate surface area is 124 Å². The van der Waals surface area contributed by atoms with Crippen LogP contribution in [0.3, 0.4) is 0 Å². The molecule has 1 atom stereocenters. The van der Waals surface area contributed by atoms with Crippen molar-refractivity contribution in [3.63, 3.8) is 0 Å². The Hall–Kier alpha value is -1.80. The van der Waals surface area contributed by atoms with Gasteiger partial charge in [0.1, 0.15) is 0 Å². The fourth-order valence-electron chi connectivity index (χ4n) is 2.02. The molecule has 3 heteroatoms. The molecule has 0 saturated heterocycles. The van der Waals surface area contributed by atoms with Gasteiger partial charge in [0.15, 0.2) is 0 Å². The first-order valence-corrected chi connectivity index (χ1v) is 7.20. The Morgan fingerprint density at radius 2 is 1.75 bits per heavy atom. The van der Waals surface area contributed by atoms with Crippen LogP contribution in [0.2, 0.25) is 0 Å². The summed E-state index contributed by atoms with van der Waals surface area (Å²) >= 11 is 5.96.